The number of nitrogen functional groups attached to an aromatic ring is 1. The number of hydrogen-bond donors (Lipinski definition) is 1. The van der Waals surface area contributed by atoms with Crippen LogP contribution in [-0.4, -0.2) is 36.8 Å². The van der Waals surface area contributed by atoms with E-state index >= 15 is 0 Å². The third kappa shape index (κ3) is 2.54. The number of nitrogens with zero attached hydrogens (tertiary/aromatic N) is 3. The van der Waals surface area contributed by atoms with Crippen LogP contribution in [0.25, 0.3) is 0 Å². The van der Waals surface area contributed by atoms with E-state index < -0.39 is 0 Å². The van der Waals surface area contributed by atoms with E-state index in [1.807, 2.05) is 0 Å². The second-order valence-corrected chi connectivity index (χ2v) is 4.35. The van der Waals surface area contributed by atoms with Gasteiger partial charge in [-0.15, -0.1) is 0 Å². The SMILES string of the molecule is COCC1CCN(c2cc(Cl)nc(N)n2)C1. The summed E-state index contributed by atoms with van der Waals surface area (Å²) >= 11 is 5.84. The molecule has 1 aliphatic heterocycles. The number of hydrogen-bond acceptors (Lipinski definition) is 5. The van der Waals surface area contributed by atoms with Crippen LogP contribution in [0, 0.1) is 5.92 Å². The van der Waals surface area contributed by atoms with Crippen molar-refractivity contribution < 1.29 is 4.74 Å². The average Bonchev–Trinajstić information content (AvgIpc) is 2.65. The summed E-state index contributed by atoms with van der Waals surface area (Å²) < 4.78 is 5.15. The normalized spacial score (nSPS) is 20.4. The summed E-state index contributed by atoms with van der Waals surface area (Å²) in [6.07, 6.45) is 1.11. The second-order valence-electron chi connectivity index (χ2n) is 3.96. The fraction of sp³-hybridized carbons (Fsp3) is 0.600. The third-order valence-corrected chi connectivity index (χ3v) is 2.90. The molecule has 2 N–H and O–H groups in total. The van der Waals surface area contributed by atoms with Gasteiger partial charge in [-0.2, -0.15) is 4.98 Å². The van der Waals surface area contributed by atoms with Crippen molar-refractivity contribution in [2.75, 3.05) is 37.4 Å². The van der Waals surface area contributed by atoms with Crippen LogP contribution in [0.3, 0.4) is 0 Å². The highest BCUT2D eigenvalue weighted by molar-refractivity contribution is 6.29. The molecule has 16 heavy (non-hydrogen) atoms. The molecule has 1 aromatic heterocycles. The van der Waals surface area contributed by atoms with E-state index in [-0.39, 0.29) is 5.95 Å². The van der Waals surface area contributed by atoms with Crippen LogP contribution in [0.5, 0.6) is 0 Å². The van der Waals surface area contributed by atoms with Gasteiger partial charge in [-0.25, -0.2) is 4.98 Å². The van der Waals surface area contributed by atoms with Crippen molar-refractivity contribution in [2.45, 2.75) is 6.42 Å². The molecule has 0 aliphatic carbocycles. The van der Waals surface area contributed by atoms with Crippen molar-refractivity contribution >= 4 is 23.4 Å². The van der Waals surface area contributed by atoms with Crippen molar-refractivity contribution in [1.82, 2.24) is 9.97 Å². The van der Waals surface area contributed by atoms with Crippen LogP contribution in [0.15, 0.2) is 6.07 Å². The van der Waals surface area contributed by atoms with E-state index in [0.29, 0.717) is 11.1 Å². The Labute approximate surface area is 99.6 Å². The highest BCUT2D eigenvalue weighted by atomic mass is 35.5. The summed E-state index contributed by atoms with van der Waals surface area (Å²) in [7, 11) is 1.72. The molecule has 1 aliphatic rings. The van der Waals surface area contributed by atoms with Crippen molar-refractivity contribution in [1.29, 1.82) is 0 Å². The Morgan fingerprint density at radius 3 is 3.12 bits per heavy atom. The third-order valence-electron chi connectivity index (χ3n) is 2.71. The number of halogens is 1. The molecule has 1 aromatic rings. The lowest BCUT2D eigenvalue weighted by molar-refractivity contribution is 0.161. The van der Waals surface area contributed by atoms with Crippen LogP contribution < -0.4 is 10.6 Å². The lowest BCUT2D eigenvalue weighted by Crippen LogP contribution is -2.22. The second kappa shape index (κ2) is 4.84. The molecule has 0 bridgehead atoms. The van der Waals surface area contributed by atoms with Crippen LogP contribution >= 0.6 is 11.6 Å². The number of methoxy groups -OCH3 is 1. The van der Waals surface area contributed by atoms with E-state index in [4.69, 9.17) is 22.1 Å². The maximum atomic E-state index is 5.84. The predicted octanol–water partition coefficient (Wildman–Crippen LogP) is 1.18. The number of anilines is 2. The molecule has 5 nitrogen and oxygen atoms in total. The number of aromatic nitrogens is 2. The molecule has 0 saturated carbocycles. The van der Waals surface area contributed by atoms with E-state index in [2.05, 4.69) is 14.9 Å². The minimum atomic E-state index is 0.220. The Balaban J connectivity index is 2.08. The first kappa shape index (κ1) is 11.4. The summed E-state index contributed by atoms with van der Waals surface area (Å²) in [5.74, 6) is 1.58. The van der Waals surface area contributed by atoms with Crippen LogP contribution in [0.1, 0.15) is 6.42 Å². The molecule has 0 radical (unpaired) electrons. The van der Waals surface area contributed by atoms with Gasteiger partial charge in [-0.05, 0) is 6.42 Å². The van der Waals surface area contributed by atoms with Crippen LogP contribution in [0.2, 0.25) is 5.15 Å². The van der Waals surface area contributed by atoms with Gasteiger partial charge in [-0.1, -0.05) is 11.6 Å². The Bertz CT molecular complexity index is 354. The van der Waals surface area contributed by atoms with Gasteiger partial charge in [0.05, 0.1) is 6.61 Å². The van der Waals surface area contributed by atoms with Crippen molar-refractivity contribution in [3.05, 3.63) is 11.2 Å². The molecule has 0 aromatic carbocycles. The fourth-order valence-corrected chi connectivity index (χ4v) is 2.18. The van der Waals surface area contributed by atoms with Crippen molar-refractivity contribution in [2.24, 2.45) is 5.92 Å². The van der Waals surface area contributed by atoms with Gasteiger partial charge in [0.1, 0.15) is 11.0 Å². The molecule has 1 atom stereocenters. The molecule has 2 heterocycles. The Kier molecular flexibility index (Phi) is 3.46. The van der Waals surface area contributed by atoms with E-state index in [0.717, 1.165) is 31.9 Å². The van der Waals surface area contributed by atoms with Gasteiger partial charge in [0, 0.05) is 32.2 Å². The van der Waals surface area contributed by atoms with Crippen molar-refractivity contribution in [3.63, 3.8) is 0 Å². The van der Waals surface area contributed by atoms with E-state index in [9.17, 15) is 0 Å². The maximum Gasteiger partial charge on any atom is 0.223 e. The Morgan fingerprint density at radius 2 is 2.44 bits per heavy atom. The molecule has 1 unspecified atom stereocenters. The Hall–Kier alpha value is -1.07. The highest BCUT2D eigenvalue weighted by Crippen LogP contribution is 2.24. The first-order valence-corrected chi connectivity index (χ1v) is 5.61. The van der Waals surface area contributed by atoms with Gasteiger partial charge in [0.15, 0.2) is 0 Å². The first-order valence-electron chi connectivity index (χ1n) is 5.23. The molecule has 1 fully saturated rings. The lowest BCUT2D eigenvalue weighted by atomic mass is 10.1. The van der Waals surface area contributed by atoms with Crippen LogP contribution in [-0.2, 0) is 4.74 Å². The smallest absolute Gasteiger partial charge is 0.223 e. The van der Waals surface area contributed by atoms with Gasteiger partial charge in [-0.3, -0.25) is 0 Å². The fourth-order valence-electron chi connectivity index (χ4n) is 2.00. The number of rotatable bonds is 3. The molecular formula is C10H15ClN4O. The summed E-state index contributed by atoms with van der Waals surface area (Å²) in [6.45, 7) is 2.67. The highest BCUT2D eigenvalue weighted by Gasteiger charge is 2.23. The first-order chi connectivity index (χ1) is 7.69. The minimum Gasteiger partial charge on any atom is -0.384 e. The predicted molar refractivity (Wildman–Crippen MR) is 63.7 cm³/mol. The average molecular weight is 243 g/mol. The standard InChI is InChI=1S/C10H15ClN4O/c1-16-6-7-2-3-15(5-7)9-4-8(11)13-10(12)14-9/h4,7H,2-3,5-6H2,1H3,(H2,12,13,14). The summed E-state index contributed by atoms with van der Waals surface area (Å²) in [4.78, 5) is 10.2. The molecule has 0 spiro atoms. The lowest BCUT2D eigenvalue weighted by Gasteiger charge is -2.17. The zero-order chi connectivity index (χ0) is 11.5. The zero-order valence-electron chi connectivity index (χ0n) is 9.19. The maximum absolute atomic E-state index is 5.84. The van der Waals surface area contributed by atoms with Gasteiger partial charge in [0.25, 0.3) is 0 Å². The largest absolute Gasteiger partial charge is 0.384 e. The van der Waals surface area contributed by atoms with Crippen LogP contribution in [0.4, 0.5) is 11.8 Å². The molecule has 0 amide bonds. The molecule has 88 valence electrons. The van der Waals surface area contributed by atoms with Gasteiger partial charge in [0.2, 0.25) is 5.95 Å². The molecule has 2 rings (SSSR count). The quantitative estimate of drug-likeness (QED) is 0.807. The molecule has 6 heteroatoms. The number of nitrogens with two attached hydrogens (primary N) is 1. The molecule has 1 saturated heterocycles. The van der Waals surface area contributed by atoms with Gasteiger partial charge >= 0.3 is 0 Å². The minimum absolute atomic E-state index is 0.220. The Morgan fingerprint density at radius 1 is 1.62 bits per heavy atom. The van der Waals surface area contributed by atoms with Crippen molar-refractivity contribution in [3.8, 4) is 0 Å². The summed E-state index contributed by atoms with van der Waals surface area (Å²) in [5.41, 5.74) is 5.56. The van der Waals surface area contributed by atoms with E-state index in [1.165, 1.54) is 0 Å². The topological polar surface area (TPSA) is 64.3 Å². The monoisotopic (exact) mass is 242 g/mol. The van der Waals surface area contributed by atoms with E-state index in [1.54, 1.807) is 13.2 Å². The summed E-state index contributed by atoms with van der Waals surface area (Å²) in [5, 5.41) is 0.387. The molecular weight excluding hydrogens is 228 g/mol. The summed E-state index contributed by atoms with van der Waals surface area (Å²) in [6, 6.07) is 1.74. The number of ether oxygens (including phenoxy) is 1. The van der Waals surface area contributed by atoms with Gasteiger partial charge < -0.3 is 15.4 Å². The zero-order valence-corrected chi connectivity index (χ0v) is 9.94.